The fourth-order valence-electron chi connectivity index (χ4n) is 3.78. The molecular formula is C20H19N5O3S3. The van der Waals surface area contributed by atoms with Gasteiger partial charge in [0.1, 0.15) is 5.69 Å². The highest BCUT2D eigenvalue weighted by atomic mass is 32.2. The molecule has 0 aliphatic carbocycles. The molecule has 31 heavy (non-hydrogen) atoms. The minimum absolute atomic E-state index is 0.109. The molecule has 0 bridgehead atoms. The number of carbonyl (C=O) groups is 1. The van der Waals surface area contributed by atoms with Crippen LogP contribution in [-0.4, -0.2) is 40.1 Å². The Labute approximate surface area is 187 Å². The minimum Gasteiger partial charge on any atom is -0.333 e. The molecule has 5 rings (SSSR count). The van der Waals surface area contributed by atoms with Gasteiger partial charge in [0.25, 0.3) is 5.91 Å². The molecule has 1 amide bonds. The molecule has 1 aliphatic rings. The molecular weight excluding hydrogens is 454 g/mol. The van der Waals surface area contributed by atoms with E-state index in [0.29, 0.717) is 25.2 Å². The maximum Gasteiger partial charge on any atom is 0.274 e. The van der Waals surface area contributed by atoms with E-state index in [1.165, 1.54) is 22.7 Å². The number of fused-ring (bicyclic) bond motifs is 2. The molecule has 160 valence electrons. The fraction of sp³-hybridized carbons (Fsp3) is 0.250. The van der Waals surface area contributed by atoms with Gasteiger partial charge in [-0.1, -0.05) is 0 Å². The van der Waals surface area contributed by atoms with Crippen LogP contribution in [0.25, 0.3) is 4.96 Å². The van der Waals surface area contributed by atoms with Gasteiger partial charge in [-0.3, -0.25) is 14.2 Å². The first kappa shape index (κ1) is 20.3. The van der Waals surface area contributed by atoms with Crippen molar-refractivity contribution >= 4 is 43.6 Å². The molecule has 0 saturated carbocycles. The fourth-order valence-corrected chi connectivity index (χ4v) is 6.50. The average molecular weight is 474 g/mol. The number of aromatic nitrogens is 3. The summed E-state index contributed by atoms with van der Waals surface area (Å²) >= 11 is 2.83. The van der Waals surface area contributed by atoms with Crippen LogP contribution in [0.15, 0.2) is 45.7 Å². The third-order valence-corrected chi connectivity index (χ3v) is 8.44. The average Bonchev–Trinajstić information content (AvgIpc) is 3.49. The van der Waals surface area contributed by atoms with Crippen LogP contribution in [-0.2, 0) is 29.5 Å². The van der Waals surface area contributed by atoms with E-state index >= 15 is 0 Å². The third-order valence-electron chi connectivity index (χ3n) is 5.44. The Morgan fingerprint density at radius 3 is 2.97 bits per heavy atom. The van der Waals surface area contributed by atoms with Crippen LogP contribution in [0.2, 0.25) is 0 Å². The van der Waals surface area contributed by atoms with Crippen LogP contribution in [0.1, 0.15) is 32.9 Å². The summed E-state index contributed by atoms with van der Waals surface area (Å²) in [5, 5.41) is 5.27. The van der Waals surface area contributed by atoms with Gasteiger partial charge < -0.3 is 4.90 Å². The lowest BCUT2D eigenvalue weighted by molar-refractivity contribution is 0.0729. The molecule has 0 fully saturated rings. The second-order valence-electron chi connectivity index (χ2n) is 7.31. The number of amides is 1. The summed E-state index contributed by atoms with van der Waals surface area (Å²) in [6.07, 6.45) is 6.06. The quantitative estimate of drug-likeness (QED) is 0.481. The lowest BCUT2D eigenvalue weighted by Gasteiger charge is -2.30. The number of sulfonamides is 1. The minimum atomic E-state index is -3.57. The number of thiazole rings is 1. The summed E-state index contributed by atoms with van der Waals surface area (Å²) in [7, 11) is -3.57. The van der Waals surface area contributed by atoms with Crippen molar-refractivity contribution in [1.29, 1.82) is 0 Å². The van der Waals surface area contributed by atoms with E-state index in [2.05, 4.69) is 14.7 Å². The lowest BCUT2D eigenvalue weighted by Crippen LogP contribution is -2.37. The van der Waals surface area contributed by atoms with Gasteiger partial charge in [0.15, 0.2) is 4.96 Å². The summed E-state index contributed by atoms with van der Waals surface area (Å²) in [6, 6.07) is 1.59. The van der Waals surface area contributed by atoms with Crippen molar-refractivity contribution in [3.8, 4) is 0 Å². The monoisotopic (exact) mass is 473 g/mol. The molecule has 0 atom stereocenters. The van der Waals surface area contributed by atoms with E-state index in [1.54, 1.807) is 34.1 Å². The van der Waals surface area contributed by atoms with E-state index in [9.17, 15) is 13.2 Å². The van der Waals surface area contributed by atoms with E-state index in [0.717, 1.165) is 27.3 Å². The molecule has 0 unspecified atom stereocenters. The molecule has 11 heteroatoms. The van der Waals surface area contributed by atoms with E-state index < -0.39 is 10.0 Å². The van der Waals surface area contributed by atoms with E-state index in [1.807, 2.05) is 22.9 Å². The number of carbonyl (C=O) groups excluding carboxylic acids is 1. The van der Waals surface area contributed by atoms with Crippen LogP contribution >= 0.6 is 22.7 Å². The molecule has 8 nitrogen and oxygen atoms in total. The number of pyridine rings is 1. The molecule has 0 aromatic carbocycles. The lowest BCUT2D eigenvalue weighted by atomic mass is 9.95. The number of aryl methyl sites for hydroxylation is 1. The number of rotatable bonds is 5. The van der Waals surface area contributed by atoms with Gasteiger partial charge in [0.2, 0.25) is 10.0 Å². The molecule has 4 aromatic rings. The number of thiophene rings is 1. The SMILES string of the molecule is Cc1ncc2c(c1CNS(=O)(=O)c1ccsc1)CCN(C(=O)c1cn3ccsc3n1)C2. The second-order valence-corrected chi connectivity index (χ2v) is 10.7. The third kappa shape index (κ3) is 3.78. The van der Waals surface area contributed by atoms with Crippen molar-refractivity contribution in [2.75, 3.05) is 6.54 Å². The Bertz CT molecular complexity index is 1340. The number of nitrogens with zero attached hydrogens (tertiary/aromatic N) is 4. The smallest absolute Gasteiger partial charge is 0.274 e. The second kappa shape index (κ2) is 7.83. The van der Waals surface area contributed by atoms with Gasteiger partial charge in [-0.25, -0.2) is 18.1 Å². The summed E-state index contributed by atoms with van der Waals surface area (Å²) in [4.78, 5) is 24.7. The Kier molecular flexibility index (Phi) is 5.13. The zero-order valence-corrected chi connectivity index (χ0v) is 19.1. The number of hydrogen-bond acceptors (Lipinski definition) is 7. The summed E-state index contributed by atoms with van der Waals surface area (Å²) in [6.45, 7) is 3.02. The van der Waals surface area contributed by atoms with Crippen molar-refractivity contribution in [3.63, 3.8) is 0 Å². The predicted octanol–water partition coefficient (Wildman–Crippen LogP) is 2.84. The van der Waals surface area contributed by atoms with Gasteiger partial charge in [-0.15, -0.1) is 11.3 Å². The number of nitrogens with one attached hydrogen (secondary N) is 1. The molecule has 0 spiro atoms. The van der Waals surface area contributed by atoms with Crippen LogP contribution in [0.3, 0.4) is 0 Å². The topological polar surface area (TPSA) is 96.7 Å². The van der Waals surface area contributed by atoms with Crippen LogP contribution in [0.5, 0.6) is 0 Å². The zero-order valence-electron chi connectivity index (χ0n) is 16.6. The summed E-state index contributed by atoms with van der Waals surface area (Å²) in [5.41, 5.74) is 4.11. The van der Waals surface area contributed by atoms with Crippen molar-refractivity contribution in [3.05, 3.63) is 68.9 Å². The highest BCUT2D eigenvalue weighted by Crippen LogP contribution is 2.26. The Hall–Kier alpha value is -2.60. The normalized spacial score (nSPS) is 14.2. The maximum atomic E-state index is 13.0. The number of imidazole rings is 1. The highest BCUT2D eigenvalue weighted by Gasteiger charge is 2.27. The first-order valence-corrected chi connectivity index (χ1v) is 12.9. The van der Waals surface area contributed by atoms with Gasteiger partial charge in [-0.05, 0) is 41.5 Å². The van der Waals surface area contributed by atoms with Crippen LogP contribution in [0.4, 0.5) is 0 Å². The van der Waals surface area contributed by atoms with Crippen LogP contribution in [0, 0.1) is 6.92 Å². The Morgan fingerprint density at radius 2 is 2.19 bits per heavy atom. The molecule has 4 aromatic heterocycles. The molecule has 0 saturated heterocycles. The Balaban J connectivity index is 1.36. The summed E-state index contributed by atoms with van der Waals surface area (Å²) < 4.78 is 29.6. The maximum absolute atomic E-state index is 13.0. The van der Waals surface area contributed by atoms with E-state index in [4.69, 9.17) is 0 Å². The Morgan fingerprint density at radius 1 is 1.32 bits per heavy atom. The number of hydrogen-bond donors (Lipinski definition) is 1. The van der Waals surface area contributed by atoms with Gasteiger partial charge >= 0.3 is 0 Å². The zero-order chi connectivity index (χ0) is 21.6. The standard InChI is InChI=1S/C20H19N5O3S3/c1-13-17(9-22-31(27,28)15-3-6-29-12-15)16-2-4-24(10-14(16)8-21-13)19(26)18-11-25-5-7-30-20(25)23-18/h3,5-8,11-12,22H,2,4,9-10H2,1H3. The van der Waals surface area contributed by atoms with Gasteiger partial charge in [0.05, 0.1) is 4.90 Å². The van der Waals surface area contributed by atoms with Crippen molar-refractivity contribution in [2.45, 2.75) is 31.3 Å². The van der Waals surface area contributed by atoms with Crippen LogP contribution < -0.4 is 4.72 Å². The highest BCUT2D eigenvalue weighted by molar-refractivity contribution is 7.89. The molecule has 1 N–H and O–H groups in total. The van der Waals surface area contributed by atoms with E-state index in [-0.39, 0.29) is 17.3 Å². The van der Waals surface area contributed by atoms with Crippen molar-refractivity contribution in [1.82, 2.24) is 24.0 Å². The first-order chi connectivity index (χ1) is 14.9. The first-order valence-electron chi connectivity index (χ1n) is 9.62. The largest absolute Gasteiger partial charge is 0.333 e. The van der Waals surface area contributed by atoms with Gasteiger partial charge in [-0.2, -0.15) is 11.3 Å². The van der Waals surface area contributed by atoms with Crippen molar-refractivity contribution in [2.24, 2.45) is 0 Å². The summed E-state index contributed by atoms with van der Waals surface area (Å²) in [5.74, 6) is -0.109. The van der Waals surface area contributed by atoms with Crippen molar-refractivity contribution < 1.29 is 13.2 Å². The molecule has 0 radical (unpaired) electrons. The predicted molar refractivity (Wildman–Crippen MR) is 119 cm³/mol. The molecule has 5 heterocycles. The molecule has 1 aliphatic heterocycles. The van der Waals surface area contributed by atoms with Gasteiger partial charge in [0, 0.05) is 54.7 Å².